The van der Waals surface area contributed by atoms with Gasteiger partial charge in [0, 0.05) is 19.5 Å². The van der Waals surface area contributed by atoms with Crippen molar-refractivity contribution >= 4 is 5.91 Å². The van der Waals surface area contributed by atoms with Crippen LogP contribution < -0.4 is 10.1 Å². The molecule has 1 aromatic carbocycles. The number of rotatable bonds is 6. The Morgan fingerprint density at radius 1 is 1.45 bits per heavy atom. The van der Waals surface area contributed by atoms with Crippen molar-refractivity contribution in [1.29, 1.82) is 0 Å². The lowest BCUT2D eigenvalue weighted by Gasteiger charge is -2.16. The highest BCUT2D eigenvalue weighted by Gasteiger charge is 2.32. The van der Waals surface area contributed by atoms with Gasteiger partial charge in [0.1, 0.15) is 12.4 Å². The smallest absolute Gasteiger partial charge is 0.300 e. The highest BCUT2D eigenvalue weighted by Crippen LogP contribution is 2.17. The van der Waals surface area contributed by atoms with Crippen molar-refractivity contribution in [3.63, 3.8) is 0 Å². The highest BCUT2D eigenvalue weighted by atomic mass is 16.5. The molecule has 0 aliphatic carbocycles. The van der Waals surface area contributed by atoms with Crippen LogP contribution in [0.5, 0.6) is 5.75 Å². The van der Waals surface area contributed by atoms with E-state index in [-0.39, 0.29) is 18.6 Å². The predicted octanol–water partition coefficient (Wildman–Crippen LogP) is 1.52. The molecular formula is C15H19N3O2. The van der Waals surface area contributed by atoms with Crippen LogP contribution in [-0.2, 0) is 4.79 Å². The van der Waals surface area contributed by atoms with Crippen LogP contribution >= 0.6 is 0 Å². The first-order valence-electron chi connectivity index (χ1n) is 6.86. The van der Waals surface area contributed by atoms with Gasteiger partial charge in [-0.15, -0.1) is 0 Å². The Kier molecular flexibility index (Phi) is 5.39. The molecule has 5 nitrogen and oxygen atoms in total. The molecule has 1 heterocycles. The van der Waals surface area contributed by atoms with Crippen LogP contribution in [0.15, 0.2) is 30.3 Å². The molecule has 2 rings (SSSR count). The van der Waals surface area contributed by atoms with E-state index in [1.807, 2.05) is 30.3 Å². The van der Waals surface area contributed by atoms with E-state index in [1.165, 1.54) is 0 Å². The first kappa shape index (κ1) is 14.4. The van der Waals surface area contributed by atoms with Crippen molar-refractivity contribution in [1.82, 2.24) is 10.2 Å². The van der Waals surface area contributed by atoms with Crippen LogP contribution in [0, 0.1) is 6.57 Å². The average molecular weight is 273 g/mol. The van der Waals surface area contributed by atoms with Gasteiger partial charge in [0.15, 0.2) is 0 Å². The van der Waals surface area contributed by atoms with E-state index in [1.54, 1.807) is 4.90 Å². The van der Waals surface area contributed by atoms with Crippen LogP contribution in [-0.4, -0.2) is 43.2 Å². The van der Waals surface area contributed by atoms with Crippen molar-refractivity contribution in [2.75, 3.05) is 26.2 Å². The maximum Gasteiger partial charge on any atom is 0.300 e. The summed E-state index contributed by atoms with van der Waals surface area (Å²) in [4.78, 5) is 17.1. The third kappa shape index (κ3) is 3.97. The molecule has 1 saturated heterocycles. The zero-order chi connectivity index (χ0) is 14.2. The van der Waals surface area contributed by atoms with Crippen molar-refractivity contribution in [3.8, 4) is 5.75 Å². The third-order valence-electron chi connectivity index (χ3n) is 3.26. The number of amides is 1. The second-order valence-electron chi connectivity index (χ2n) is 4.68. The molecule has 5 heteroatoms. The minimum absolute atomic E-state index is 0.00297. The second kappa shape index (κ2) is 7.51. The van der Waals surface area contributed by atoms with Crippen molar-refractivity contribution in [3.05, 3.63) is 41.7 Å². The summed E-state index contributed by atoms with van der Waals surface area (Å²) in [5, 5.41) is 3.06. The second-order valence-corrected chi connectivity index (χ2v) is 4.68. The molecule has 1 aromatic rings. The molecule has 106 valence electrons. The van der Waals surface area contributed by atoms with Crippen LogP contribution in [0.1, 0.15) is 12.8 Å². The van der Waals surface area contributed by atoms with Gasteiger partial charge in [-0.3, -0.25) is 14.5 Å². The van der Waals surface area contributed by atoms with Gasteiger partial charge >= 0.3 is 6.17 Å². The van der Waals surface area contributed by atoms with Gasteiger partial charge in [0.2, 0.25) is 5.91 Å². The van der Waals surface area contributed by atoms with Crippen LogP contribution in [0.2, 0.25) is 0 Å². The number of hydrogen-bond acceptors (Lipinski definition) is 3. The largest absolute Gasteiger partial charge is 0.492 e. The summed E-state index contributed by atoms with van der Waals surface area (Å²) in [5.74, 6) is 0.830. The number of likely N-dealkylation sites (tertiary alicyclic amines) is 1. The fourth-order valence-electron chi connectivity index (χ4n) is 2.23. The molecule has 0 bridgehead atoms. The summed E-state index contributed by atoms with van der Waals surface area (Å²) in [6.07, 6.45) is 1.47. The molecule has 0 saturated carbocycles. The summed E-state index contributed by atoms with van der Waals surface area (Å²) in [6, 6.07) is 9.58. The Hall–Kier alpha value is -2.06. The van der Waals surface area contributed by atoms with E-state index in [2.05, 4.69) is 10.2 Å². The Morgan fingerprint density at radius 3 is 3.00 bits per heavy atom. The van der Waals surface area contributed by atoms with E-state index in [0.29, 0.717) is 19.7 Å². The summed E-state index contributed by atoms with van der Waals surface area (Å²) in [7, 11) is 0. The zero-order valence-electron chi connectivity index (χ0n) is 11.4. The summed E-state index contributed by atoms with van der Waals surface area (Å²) < 4.78 is 5.52. The van der Waals surface area contributed by atoms with Crippen molar-refractivity contribution < 1.29 is 9.53 Å². The monoisotopic (exact) mass is 273 g/mol. The van der Waals surface area contributed by atoms with Crippen molar-refractivity contribution in [2.45, 2.75) is 19.0 Å². The number of carbonyl (C=O) groups is 1. The molecule has 0 radical (unpaired) electrons. The van der Waals surface area contributed by atoms with E-state index >= 15 is 0 Å². The molecule has 1 fully saturated rings. The Balaban J connectivity index is 1.61. The van der Waals surface area contributed by atoms with Gasteiger partial charge in [-0.25, -0.2) is 6.57 Å². The maximum absolute atomic E-state index is 11.9. The van der Waals surface area contributed by atoms with E-state index in [0.717, 1.165) is 18.6 Å². The highest BCUT2D eigenvalue weighted by molar-refractivity contribution is 5.79. The molecule has 1 amide bonds. The lowest BCUT2D eigenvalue weighted by Crippen LogP contribution is -2.40. The minimum Gasteiger partial charge on any atom is -0.492 e. The van der Waals surface area contributed by atoms with Gasteiger partial charge in [-0.1, -0.05) is 18.2 Å². The molecule has 1 atom stereocenters. The first-order valence-corrected chi connectivity index (χ1v) is 6.86. The molecular weight excluding hydrogens is 254 g/mol. The SMILES string of the molecule is [C-]#[N+][C@@H]1CCCN1C(=O)CNCCOc1ccccc1. The molecule has 1 N–H and O–H groups in total. The summed E-state index contributed by atoms with van der Waals surface area (Å²) in [6.45, 7) is 9.15. The number of nitrogens with zero attached hydrogens (tertiary/aromatic N) is 2. The Labute approximate surface area is 119 Å². The van der Waals surface area contributed by atoms with Crippen LogP contribution in [0.25, 0.3) is 4.85 Å². The van der Waals surface area contributed by atoms with Gasteiger partial charge in [0.25, 0.3) is 0 Å². The first-order chi connectivity index (χ1) is 9.81. The zero-order valence-corrected chi connectivity index (χ0v) is 11.4. The van der Waals surface area contributed by atoms with Crippen LogP contribution in [0.4, 0.5) is 0 Å². The maximum atomic E-state index is 11.9. The normalized spacial score (nSPS) is 17.8. The topological polar surface area (TPSA) is 45.9 Å². The number of nitrogens with one attached hydrogen (secondary N) is 1. The fourth-order valence-corrected chi connectivity index (χ4v) is 2.23. The number of ether oxygens (including phenoxy) is 1. The van der Waals surface area contributed by atoms with Crippen molar-refractivity contribution in [2.24, 2.45) is 0 Å². The number of hydrogen-bond donors (Lipinski definition) is 1. The van der Waals surface area contributed by atoms with Crippen LogP contribution in [0.3, 0.4) is 0 Å². The minimum atomic E-state index is -0.259. The Bertz CT molecular complexity index is 470. The molecule has 1 aliphatic heterocycles. The lowest BCUT2D eigenvalue weighted by molar-refractivity contribution is -0.130. The van der Waals surface area contributed by atoms with E-state index < -0.39 is 0 Å². The third-order valence-corrected chi connectivity index (χ3v) is 3.26. The van der Waals surface area contributed by atoms with Gasteiger partial charge in [-0.05, 0) is 18.6 Å². The average Bonchev–Trinajstić information content (AvgIpc) is 2.96. The summed E-state index contributed by atoms with van der Waals surface area (Å²) in [5.41, 5.74) is 0. The molecule has 1 aliphatic rings. The van der Waals surface area contributed by atoms with Gasteiger partial charge in [-0.2, -0.15) is 0 Å². The number of para-hydroxylation sites is 1. The molecule has 0 unspecified atom stereocenters. The predicted molar refractivity (Wildman–Crippen MR) is 76.1 cm³/mol. The van der Waals surface area contributed by atoms with Gasteiger partial charge in [0.05, 0.1) is 6.54 Å². The van der Waals surface area contributed by atoms with E-state index in [4.69, 9.17) is 11.3 Å². The number of carbonyl (C=O) groups excluding carboxylic acids is 1. The molecule has 20 heavy (non-hydrogen) atoms. The molecule has 0 spiro atoms. The quantitative estimate of drug-likeness (QED) is 0.631. The lowest BCUT2D eigenvalue weighted by atomic mass is 10.3. The Morgan fingerprint density at radius 2 is 2.25 bits per heavy atom. The molecule has 0 aromatic heterocycles. The fraction of sp³-hybridized carbons (Fsp3) is 0.467. The summed E-state index contributed by atoms with van der Waals surface area (Å²) >= 11 is 0. The number of benzene rings is 1. The van der Waals surface area contributed by atoms with Gasteiger partial charge < -0.3 is 10.1 Å². The van der Waals surface area contributed by atoms with E-state index in [9.17, 15) is 4.79 Å². The standard InChI is InChI=1S/C15H19N3O2/c1-16-14-8-5-10-18(14)15(19)12-17-9-11-20-13-6-3-2-4-7-13/h2-4,6-7,14,17H,5,8-12H2/t14-/m0/s1.